The SMILES string of the molecule is O=C(O)C1CCCCN1C(=O)COCCc1ccccc1. The lowest BCUT2D eigenvalue weighted by atomic mass is 10.0. The van der Waals surface area contributed by atoms with Gasteiger partial charge in [-0.15, -0.1) is 0 Å². The molecule has 0 spiro atoms. The molecular formula is C16H21NO4. The third kappa shape index (κ3) is 4.56. The molecule has 1 unspecified atom stereocenters. The Morgan fingerprint density at radius 3 is 2.71 bits per heavy atom. The number of carbonyl (C=O) groups excluding carboxylic acids is 1. The standard InChI is InChI=1S/C16H21NO4/c18-15(17-10-5-4-8-14(17)16(19)20)12-21-11-9-13-6-2-1-3-7-13/h1-3,6-7,14H,4-5,8-12H2,(H,19,20). The predicted molar refractivity (Wildman–Crippen MR) is 78.0 cm³/mol. The number of likely N-dealkylation sites (tertiary alicyclic amines) is 1. The predicted octanol–water partition coefficient (Wildman–Crippen LogP) is 1.71. The second-order valence-corrected chi connectivity index (χ2v) is 5.23. The highest BCUT2D eigenvalue weighted by Crippen LogP contribution is 2.17. The Bertz CT molecular complexity index is 474. The van der Waals surface area contributed by atoms with Crippen molar-refractivity contribution in [3.05, 3.63) is 35.9 Å². The van der Waals surface area contributed by atoms with Crippen molar-refractivity contribution >= 4 is 11.9 Å². The molecule has 1 aliphatic rings. The molecule has 1 aliphatic heterocycles. The molecule has 1 fully saturated rings. The Labute approximate surface area is 124 Å². The van der Waals surface area contributed by atoms with Gasteiger partial charge in [0.2, 0.25) is 5.91 Å². The molecule has 21 heavy (non-hydrogen) atoms. The maximum atomic E-state index is 12.1. The number of amides is 1. The lowest BCUT2D eigenvalue weighted by Crippen LogP contribution is -2.49. The van der Waals surface area contributed by atoms with Crippen LogP contribution in [0.25, 0.3) is 0 Å². The molecule has 0 aliphatic carbocycles. The topological polar surface area (TPSA) is 66.8 Å². The van der Waals surface area contributed by atoms with Crippen molar-refractivity contribution in [3.63, 3.8) is 0 Å². The van der Waals surface area contributed by atoms with E-state index < -0.39 is 12.0 Å². The van der Waals surface area contributed by atoms with E-state index in [2.05, 4.69) is 0 Å². The van der Waals surface area contributed by atoms with Crippen molar-refractivity contribution in [2.45, 2.75) is 31.7 Å². The number of nitrogens with zero attached hydrogens (tertiary/aromatic N) is 1. The van der Waals surface area contributed by atoms with E-state index in [0.29, 0.717) is 19.6 Å². The number of carboxylic acids is 1. The largest absolute Gasteiger partial charge is 0.480 e. The van der Waals surface area contributed by atoms with Crippen LogP contribution in [0.1, 0.15) is 24.8 Å². The zero-order valence-corrected chi connectivity index (χ0v) is 12.0. The van der Waals surface area contributed by atoms with Crippen LogP contribution < -0.4 is 0 Å². The van der Waals surface area contributed by atoms with Gasteiger partial charge in [-0.2, -0.15) is 0 Å². The number of carbonyl (C=O) groups is 2. The summed E-state index contributed by atoms with van der Waals surface area (Å²) in [6, 6.07) is 9.21. The molecule has 2 rings (SSSR count). The first-order valence-corrected chi connectivity index (χ1v) is 7.32. The first-order valence-electron chi connectivity index (χ1n) is 7.32. The monoisotopic (exact) mass is 291 g/mol. The van der Waals surface area contributed by atoms with E-state index >= 15 is 0 Å². The first-order chi connectivity index (χ1) is 10.2. The van der Waals surface area contributed by atoms with Gasteiger partial charge >= 0.3 is 5.97 Å². The summed E-state index contributed by atoms with van der Waals surface area (Å²) < 4.78 is 5.40. The molecule has 1 heterocycles. The van der Waals surface area contributed by atoms with Crippen LogP contribution in [0.15, 0.2) is 30.3 Å². The van der Waals surface area contributed by atoms with Gasteiger partial charge in [-0.1, -0.05) is 30.3 Å². The number of rotatable bonds is 6. The van der Waals surface area contributed by atoms with Crippen molar-refractivity contribution < 1.29 is 19.4 Å². The third-order valence-corrected chi connectivity index (χ3v) is 3.71. The van der Waals surface area contributed by atoms with E-state index in [1.165, 1.54) is 4.90 Å². The van der Waals surface area contributed by atoms with E-state index in [0.717, 1.165) is 24.8 Å². The summed E-state index contributed by atoms with van der Waals surface area (Å²) in [4.78, 5) is 24.7. The number of benzene rings is 1. The summed E-state index contributed by atoms with van der Waals surface area (Å²) in [7, 11) is 0. The van der Waals surface area contributed by atoms with Crippen LogP contribution >= 0.6 is 0 Å². The number of aliphatic carboxylic acids is 1. The van der Waals surface area contributed by atoms with Gasteiger partial charge < -0.3 is 14.7 Å². The van der Waals surface area contributed by atoms with Crippen LogP contribution in [-0.4, -0.2) is 47.7 Å². The summed E-state index contributed by atoms with van der Waals surface area (Å²) in [6.07, 6.45) is 3.00. The molecule has 1 atom stereocenters. The number of piperidine rings is 1. The highest BCUT2D eigenvalue weighted by Gasteiger charge is 2.31. The minimum Gasteiger partial charge on any atom is -0.480 e. The molecule has 1 amide bonds. The van der Waals surface area contributed by atoms with E-state index in [4.69, 9.17) is 9.84 Å². The second kappa shape index (κ2) is 7.78. The van der Waals surface area contributed by atoms with Crippen molar-refractivity contribution in [1.82, 2.24) is 4.90 Å². The molecule has 0 bridgehead atoms. The zero-order valence-electron chi connectivity index (χ0n) is 12.0. The van der Waals surface area contributed by atoms with Crippen LogP contribution in [0.3, 0.4) is 0 Å². The van der Waals surface area contributed by atoms with Crippen LogP contribution in [0.4, 0.5) is 0 Å². The Morgan fingerprint density at radius 2 is 2.00 bits per heavy atom. The third-order valence-electron chi connectivity index (χ3n) is 3.71. The number of hydrogen-bond acceptors (Lipinski definition) is 3. The summed E-state index contributed by atoms with van der Waals surface area (Å²) >= 11 is 0. The Hall–Kier alpha value is -1.88. The smallest absolute Gasteiger partial charge is 0.326 e. The van der Waals surface area contributed by atoms with E-state index in [9.17, 15) is 9.59 Å². The fraction of sp³-hybridized carbons (Fsp3) is 0.500. The summed E-state index contributed by atoms with van der Waals surface area (Å²) in [5.41, 5.74) is 1.16. The molecule has 1 N–H and O–H groups in total. The molecule has 1 saturated heterocycles. The Kier molecular flexibility index (Phi) is 5.75. The van der Waals surface area contributed by atoms with Gasteiger partial charge in [-0.05, 0) is 31.2 Å². The van der Waals surface area contributed by atoms with Crippen molar-refractivity contribution in [3.8, 4) is 0 Å². The molecule has 1 aromatic carbocycles. The fourth-order valence-corrected chi connectivity index (χ4v) is 2.56. The minimum absolute atomic E-state index is 0.0450. The average Bonchev–Trinajstić information content (AvgIpc) is 2.52. The summed E-state index contributed by atoms with van der Waals surface area (Å²) in [5.74, 6) is -1.15. The highest BCUT2D eigenvalue weighted by molar-refractivity contribution is 5.84. The van der Waals surface area contributed by atoms with Gasteiger partial charge in [-0.3, -0.25) is 4.79 Å². The molecule has 1 aromatic rings. The molecule has 5 nitrogen and oxygen atoms in total. The average molecular weight is 291 g/mol. The fourth-order valence-electron chi connectivity index (χ4n) is 2.56. The Morgan fingerprint density at radius 1 is 1.24 bits per heavy atom. The van der Waals surface area contributed by atoms with Gasteiger partial charge in [-0.25, -0.2) is 4.79 Å². The Balaban J connectivity index is 1.74. The molecule has 0 radical (unpaired) electrons. The van der Waals surface area contributed by atoms with E-state index in [-0.39, 0.29) is 12.5 Å². The van der Waals surface area contributed by atoms with Gasteiger partial charge in [0.05, 0.1) is 6.61 Å². The summed E-state index contributed by atoms with van der Waals surface area (Å²) in [6.45, 7) is 0.926. The van der Waals surface area contributed by atoms with E-state index in [1.807, 2.05) is 30.3 Å². The van der Waals surface area contributed by atoms with Gasteiger partial charge in [0.25, 0.3) is 0 Å². The van der Waals surface area contributed by atoms with Crippen molar-refractivity contribution in [2.24, 2.45) is 0 Å². The van der Waals surface area contributed by atoms with Crippen LogP contribution in [0.5, 0.6) is 0 Å². The minimum atomic E-state index is -0.924. The maximum absolute atomic E-state index is 12.1. The van der Waals surface area contributed by atoms with E-state index in [1.54, 1.807) is 0 Å². The summed E-state index contributed by atoms with van der Waals surface area (Å²) in [5, 5.41) is 9.14. The van der Waals surface area contributed by atoms with Gasteiger partial charge in [0, 0.05) is 6.54 Å². The molecule has 5 heteroatoms. The molecule has 0 saturated carbocycles. The van der Waals surface area contributed by atoms with Gasteiger partial charge in [0.1, 0.15) is 12.6 Å². The number of carboxylic acid groups (broad SMARTS) is 1. The molecule has 114 valence electrons. The lowest BCUT2D eigenvalue weighted by molar-refractivity contribution is -0.154. The second-order valence-electron chi connectivity index (χ2n) is 5.23. The van der Waals surface area contributed by atoms with Gasteiger partial charge in [0.15, 0.2) is 0 Å². The molecular weight excluding hydrogens is 270 g/mol. The van der Waals surface area contributed by atoms with Crippen LogP contribution in [0.2, 0.25) is 0 Å². The lowest BCUT2D eigenvalue weighted by Gasteiger charge is -2.32. The maximum Gasteiger partial charge on any atom is 0.326 e. The quantitative estimate of drug-likeness (QED) is 0.810. The number of ether oxygens (including phenoxy) is 1. The van der Waals surface area contributed by atoms with Crippen molar-refractivity contribution in [1.29, 1.82) is 0 Å². The highest BCUT2D eigenvalue weighted by atomic mass is 16.5. The molecule has 0 aromatic heterocycles. The zero-order chi connectivity index (χ0) is 15.1. The normalized spacial score (nSPS) is 18.5. The first kappa shape index (κ1) is 15.5. The van der Waals surface area contributed by atoms with Crippen LogP contribution in [0, 0.1) is 0 Å². The van der Waals surface area contributed by atoms with Crippen molar-refractivity contribution in [2.75, 3.05) is 19.8 Å². The number of hydrogen-bond donors (Lipinski definition) is 1. The van der Waals surface area contributed by atoms with Crippen LogP contribution in [-0.2, 0) is 20.7 Å².